The molecule has 2 aliphatic heterocycles. The van der Waals surface area contributed by atoms with Crippen LogP contribution in [0, 0.1) is 12.8 Å². The topological polar surface area (TPSA) is 79.3 Å². The Bertz CT molecular complexity index is 1100. The van der Waals surface area contributed by atoms with Gasteiger partial charge in [0, 0.05) is 22.6 Å². The van der Waals surface area contributed by atoms with Gasteiger partial charge in [0.05, 0.1) is 29.4 Å². The van der Waals surface area contributed by atoms with Gasteiger partial charge in [-0.3, -0.25) is 4.98 Å². The molecular weight excluding hydrogens is 380 g/mol. The van der Waals surface area contributed by atoms with Crippen LogP contribution < -0.4 is 4.74 Å². The summed E-state index contributed by atoms with van der Waals surface area (Å²) in [5.41, 5.74) is 4.78. The van der Waals surface area contributed by atoms with E-state index in [1.54, 1.807) is 4.68 Å². The molecule has 1 N–H and O–H groups in total. The van der Waals surface area contributed by atoms with Crippen LogP contribution >= 0.6 is 0 Å². The van der Waals surface area contributed by atoms with E-state index in [1.165, 1.54) is 11.1 Å². The molecular formula is C23H27N4O3+. The Balaban J connectivity index is 1.34. The highest BCUT2D eigenvalue weighted by Crippen LogP contribution is 2.36. The van der Waals surface area contributed by atoms with Gasteiger partial charge in [0.15, 0.2) is 12.3 Å². The van der Waals surface area contributed by atoms with Gasteiger partial charge in [0.25, 0.3) is 5.70 Å². The van der Waals surface area contributed by atoms with E-state index in [4.69, 9.17) is 14.5 Å². The normalized spacial score (nSPS) is 27.7. The van der Waals surface area contributed by atoms with Crippen LogP contribution in [0.3, 0.4) is 0 Å². The van der Waals surface area contributed by atoms with Crippen LogP contribution in [0.5, 0.6) is 5.75 Å². The summed E-state index contributed by atoms with van der Waals surface area (Å²) in [5.74, 6) is 1.13. The van der Waals surface area contributed by atoms with Crippen molar-refractivity contribution in [2.45, 2.75) is 58.3 Å². The van der Waals surface area contributed by atoms with E-state index in [-0.39, 0.29) is 6.10 Å². The predicted molar refractivity (Wildman–Crippen MR) is 113 cm³/mol. The minimum Gasteiger partial charge on any atom is -0.482 e. The molecule has 30 heavy (non-hydrogen) atoms. The number of aromatic nitrogens is 1. The summed E-state index contributed by atoms with van der Waals surface area (Å²) in [6.07, 6.45) is 6.09. The molecule has 0 bridgehead atoms. The first-order valence-electron chi connectivity index (χ1n) is 10.5. The number of fused-ring (bicyclic) bond motifs is 3. The van der Waals surface area contributed by atoms with Gasteiger partial charge in [-0.25, -0.2) is 0 Å². The summed E-state index contributed by atoms with van der Waals surface area (Å²) < 4.78 is 13.6. The van der Waals surface area contributed by atoms with Crippen molar-refractivity contribution in [3.8, 4) is 5.75 Å². The number of aryl methyl sites for hydroxylation is 1. The van der Waals surface area contributed by atoms with Crippen molar-refractivity contribution < 1.29 is 19.3 Å². The third-order valence-electron chi connectivity index (χ3n) is 6.15. The van der Waals surface area contributed by atoms with Gasteiger partial charge >= 0.3 is 0 Å². The number of ether oxygens (including phenoxy) is 2. The van der Waals surface area contributed by atoms with Crippen LogP contribution in [0.15, 0.2) is 40.4 Å². The first-order chi connectivity index (χ1) is 14.4. The maximum absolute atomic E-state index is 9.89. The van der Waals surface area contributed by atoms with Crippen LogP contribution in [-0.4, -0.2) is 39.3 Å². The third-order valence-corrected chi connectivity index (χ3v) is 6.15. The van der Waals surface area contributed by atoms with E-state index in [9.17, 15) is 5.11 Å². The van der Waals surface area contributed by atoms with Crippen molar-refractivity contribution in [3.63, 3.8) is 0 Å². The lowest BCUT2D eigenvalue weighted by Crippen LogP contribution is -2.42. The highest BCUT2D eigenvalue weighted by molar-refractivity contribution is 5.85. The summed E-state index contributed by atoms with van der Waals surface area (Å²) in [6.45, 7) is 7.25. The van der Waals surface area contributed by atoms with Gasteiger partial charge in [-0.15, -0.1) is 4.68 Å². The highest BCUT2D eigenvalue weighted by Gasteiger charge is 2.39. The lowest BCUT2D eigenvalue weighted by atomic mass is 9.73. The molecule has 0 saturated heterocycles. The molecule has 3 heterocycles. The Morgan fingerprint density at radius 1 is 1.33 bits per heavy atom. The lowest BCUT2D eigenvalue weighted by Gasteiger charge is -2.38. The first kappa shape index (κ1) is 19.3. The Hall–Kier alpha value is -2.64. The molecule has 2 aromatic rings. The first-order valence-corrected chi connectivity index (χ1v) is 10.5. The van der Waals surface area contributed by atoms with Crippen LogP contribution in [0.25, 0.3) is 10.9 Å². The molecule has 1 aromatic heterocycles. The summed E-state index contributed by atoms with van der Waals surface area (Å²) in [7, 11) is 0. The van der Waals surface area contributed by atoms with E-state index in [2.05, 4.69) is 16.4 Å². The van der Waals surface area contributed by atoms with Crippen molar-refractivity contribution in [2.24, 2.45) is 16.3 Å². The fraction of sp³-hybridized carbons (Fsp3) is 0.478. The lowest BCUT2D eigenvalue weighted by molar-refractivity contribution is -0.462. The average Bonchev–Trinajstić information content (AvgIpc) is 3.16. The fourth-order valence-corrected chi connectivity index (χ4v) is 4.59. The Labute approximate surface area is 175 Å². The maximum atomic E-state index is 9.89. The highest BCUT2D eigenvalue weighted by atomic mass is 16.5. The Morgan fingerprint density at radius 2 is 2.17 bits per heavy atom. The summed E-state index contributed by atoms with van der Waals surface area (Å²) in [5, 5.41) is 19.5. The van der Waals surface area contributed by atoms with Gasteiger partial charge in [0.2, 0.25) is 0 Å². The van der Waals surface area contributed by atoms with E-state index in [0.29, 0.717) is 12.5 Å². The van der Waals surface area contributed by atoms with Gasteiger partial charge in [0.1, 0.15) is 17.2 Å². The van der Waals surface area contributed by atoms with Crippen molar-refractivity contribution in [2.75, 3.05) is 6.61 Å². The van der Waals surface area contributed by atoms with E-state index >= 15 is 0 Å². The van der Waals surface area contributed by atoms with Crippen LogP contribution in [-0.2, 0) is 17.8 Å². The van der Waals surface area contributed by atoms with Crippen LogP contribution in [0.4, 0.5) is 0 Å². The zero-order valence-electron chi connectivity index (χ0n) is 17.6. The van der Waals surface area contributed by atoms with Crippen LogP contribution in [0.2, 0.25) is 0 Å². The number of aliphatic hydroxyl groups is 1. The van der Waals surface area contributed by atoms with Crippen molar-refractivity contribution >= 4 is 17.1 Å². The average molecular weight is 407 g/mol. The standard InChI is InChI=1S/C23H27N4O3/c1-14-20-13-29-7-6-18(20)19-8-17(4-5-21(19)24-14)30-15(2)22-12-27(26-25-22)11-16-9-23(3,28)10-16/h4-5,8,11-12,15-16,28H,6-7,9-10,13H2,1-3H3/q+1/b27-11+/t15-,16?,23?/m1/s1. The SMILES string of the molecule is Cc1nc2ccc(O[C@H](C)C3=C/[N+](=C\C4CC(C)(O)C4)N=N3)cc2c2c1COCC2. The van der Waals surface area contributed by atoms with Gasteiger partial charge in [-0.1, -0.05) is 0 Å². The van der Waals surface area contributed by atoms with Gasteiger partial charge in [-0.05, 0) is 63.8 Å². The van der Waals surface area contributed by atoms with Crippen molar-refractivity contribution in [3.05, 3.63) is 46.9 Å². The minimum atomic E-state index is -0.546. The molecule has 5 rings (SSSR count). The van der Waals surface area contributed by atoms with Gasteiger partial charge in [-0.2, -0.15) is 0 Å². The zero-order chi connectivity index (χ0) is 20.9. The molecule has 1 aromatic carbocycles. The molecule has 1 aliphatic carbocycles. The van der Waals surface area contributed by atoms with Crippen molar-refractivity contribution in [1.82, 2.24) is 4.98 Å². The monoisotopic (exact) mass is 407 g/mol. The summed E-state index contributed by atoms with van der Waals surface area (Å²) >= 11 is 0. The minimum absolute atomic E-state index is 0.230. The molecule has 7 heteroatoms. The number of rotatable bonds is 4. The fourth-order valence-electron chi connectivity index (χ4n) is 4.59. The zero-order valence-corrected chi connectivity index (χ0v) is 17.6. The van der Waals surface area contributed by atoms with Crippen LogP contribution in [0.1, 0.15) is 43.5 Å². The van der Waals surface area contributed by atoms with E-state index in [0.717, 1.165) is 53.9 Å². The molecule has 1 saturated carbocycles. The summed E-state index contributed by atoms with van der Waals surface area (Å²) in [6, 6.07) is 6.06. The number of pyridine rings is 1. The molecule has 1 atom stereocenters. The number of hydrogen-bond acceptors (Lipinski definition) is 6. The second-order valence-corrected chi connectivity index (χ2v) is 8.83. The number of benzene rings is 1. The molecule has 3 aliphatic rings. The molecule has 1 fully saturated rings. The summed E-state index contributed by atoms with van der Waals surface area (Å²) in [4.78, 5) is 4.74. The quantitative estimate of drug-likeness (QED) is 0.781. The van der Waals surface area contributed by atoms with Crippen molar-refractivity contribution in [1.29, 1.82) is 0 Å². The molecule has 0 unspecified atom stereocenters. The number of hydrogen-bond donors (Lipinski definition) is 1. The molecule has 0 spiro atoms. The molecule has 0 radical (unpaired) electrons. The smallest absolute Gasteiger partial charge is 0.261 e. The second kappa shape index (κ2) is 7.25. The van der Waals surface area contributed by atoms with E-state index in [1.807, 2.05) is 45.3 Å². The predicted octanol–water partition coefficient (Wildman–Crippen LogP) is 3.85. The Morgan fingerprint density at radius 3 is 2.97 bits per heavy atom. The number of nitrogens with zero attached hydrogens (tertiary/aromatic N) is 4. The van der Waals surface area contributed by atoms with Gasteiger partial charge < -0.3 is 14.6 Å². The third kappa shape index (κ3) is 3.63. The molecule has 7 nitrogen and oxygen atoms in total. The maximum Gasteiger partial charge on any atom is 0.261 e. The molecule has 156 valence electrons. The molecule has 0 amide bonds. The van der Waals surface area contributed by atoms with E-state index < -0.39 is 5.60 Å². The second-order valence-electron chi connectivity index (χ2n) is 8.83. The Kier molecular flexibility index (Phi) is 4.67. The largest absolute Gasteiger partial charge is 0.482 e.